The third-order valence-corrected chi connectivity index (χ3v) is 3.13. The number of halogens is 4. The van der Waals surface area contributed by atoms with Gasteiger partial charge in [-0.15, -0.1) is 0 Å². The monoisotopic (exact) mass is 330 g/mol. The van der Waals surface area contributed by atoms with E-state index < -0.39 is 11.7 Å². The number of benzene rings is 2. The van der Waals surface area contributed by atoms with Gasteiger partial charge >= 0.3 is 6.18 Å². The average Bonchev–Trinajstić information content (AvgIpc) is 2.39. The Hall–Kier alpha value is -2.21. The van der Waals surface area contributed by atoms with E-state index in [4.69, 9.17) is 16.3 Å². The first-order valence-corrected chi connectivity index (χ1v) is 6.45. The number of hydrogen-bond acceptors (Lipinski definition) is 3. The first-order chi connectivity index (χ1) is 10.2. The minimum absolute atomic E-state index is 0.00430. The highest BCUT2D eigenvalue weighted by atomic mass is 35.5. The van der Waals surface area contributed by atoms with E-state index >= 15 is 0 Å². The molecule has 0 atom stereocenters. The van der Waals surface area contributed by atoms with Crippen molar-refractivity contribution in [1.82, 2.24) is 0 Å². The molecule has 0 aliphatic heterocycles. The minimum Gasteiger partial charge on any atom is -0.507 e. The zero-order valence-corrected chi connectivity index (χ0v) is 12.0. The number of Topliss-reactive ketones (excluding diaryl/α,β-unsaturated/α-hetero) is 1. The van der Waals surface area contributed by atoms with E-state index in [0.29, 0.717) is 0 Å². The molecule has 2 aromatic rings. The van der Waals surface area contributed by atoms with Gasteiger partial charge in [-0.1, -0.05) is 11.6 Å². The van der Waals surface area contributed by atoms with Crippen LogP contribution in [0.1, 0.15) is 22.8 Å². The Morgan fingerprint density at radius 2 is 1.86 bits per heavy atom. The number of ether oxygens (including phenoxy) is 1. The van der Waals surface area contributed by atoms with Gasteiger partial charge in [0.2, 0.25) is 0 Å². The zero-order chi connectivity index (χ0) is 16.5. The summed E-state index contributed by atoms with van der Waals surface area (Å²) in [6, 6.07) is 6.62. The predicted molar refractivity (Wildman–Crippen MR) is 74.6 cm³/mol. The maximum atomic E-state index is 12.5. The fraction of sp³-hybridized carbons (Fsp3) is 0.133. The predicted octanol–water partition coefficient (Wildman–Crippen LogP) is 5.06. The number of carbonyl (C=O) groups excluding carboxylic acids is 1. The van der Waals surface area contributed by atoms with Gasteiger partial charge in [0.15, 0.2) is 5.78 Å². The van der Waals surface area contributed by atoms with Crippen molar-refractivity contribution in [2.24, 2.45) is 0 Å². The van der Waals surface area contributed by atoms with Crippen LogP contribution in [-0.2, 0) is 6.18 Å². The molecule has 0 aromatic heterocycles. The van der Waals surface area contributed by atoms with Crippen LogP contribution in [0.4, 0.5) is 13.2 Å². The number of hydrogen-bond donors (Lipinski definition) is 1. The fourth-order valence-electron chi connectivity index (χ4n) is 1.76. The smallest absolute Gasteiger partial charge is 0.416 e. The highest BCUT2D eigenvalue weighted by Crippen LogP contribution is 2.37. The lowest BCUT2D eigenvalue weighted by Crippen LogP contribution is -2.04. The SMILES string of the molecule is CC(=O)c1ccc(Oc2ccc(C(F)(F)F)cc2Cl)cc1O. The molecule has 116 valence electrons. The average molecular weight is 331 g/mol. The van der Waals surface area contributed by atoms with Crippen molar-refractivity contribution in [3.8, 4) is 17.2 Å². The molecular weight excluding hydrogens is 321 g/mol. The molecule has 0 aliphatic carbocycles. The molecule has 0 heterocycles. The van der Waals surface area contributed by atoms with E-state index in [1.54, 1.807) is 0 Å². The molecule has 2 rings (SSSR count). The molecule has 0 aliphatic rings. The van der Waals surface area contributed by atoms with Crippen molar-refractivity contribution in [1.29, 1.82) is 0 Å². The Bertz CT molecular complexity index is 726. The number of phenols is 1. The van der Waals surface area contributed by atoms with Crippen LogP contribution < -0.4 is 4.74 Å². The van der Waals surface area contributed by atoms with E-state index in [0.717, 1.165) is 18.2 Å². The van der Waals surface area contributed by atoms with Crippen molar-refractivity contribution < 1.29 is 27.8 Å². The number of carbonyl (C=O) groups is 1. The summed E-state index contributed by atoms with van der Waals surface area (Å²) in [7, 11) is 0. The maximum absolute atomic E-state index is 12.5. The van der Waals surface area contributed by atoms with Crippen LogP contribution in [0, 0.1) is 0 Å². The summed E-state index contributed by atoms with van der Waals surface area (Å²) in [6.45, 7) is 1.29. The van der Waals surface area contributed by atoms with Gasteiger partial charge in [-0.25, -0.2) is 0 Å². The lowest BCUT2D eigenvalue weighted by molar-refractivity contribution is -0.137. The highest BCUT2D eigenvalue weighted by Gasteiger charge is 2.31. The van der Waals surface area contributed by atoms with E-state index in [1.165, 1.54) is 25.1 Å². The summed E-state index contributed by atoms with van der Waals surface area (Å²) in [5.41, 5.74) is -0.773. The highest BCUT2D eigenvalue weighted by molar-refractivity contribution is 6.32. The first-order valence-electron chi connectivity index (χ1n) is 6.07. The summed E-state index contributed by atoms with van der Waals surface area (Å²) >= 11 is 5.77. The van der Waals surface area contributed by atoms with Crippen molar-refractivity contribution in [2.75, 3.05) is 0 Å². The third kappa shape index (κ3) is 3.51. The number of rotatable bonds is 3. The molecule has 22 heavy (non-hydrogen) atoms. The van der Waals surface area contributed by atoms with Crippen LogP contribution >= 0.6 is 11.6 Å². The van der Waals surface area contributed by atoms with Crippen LogP contribution in [0.2, 0.25) is 5.02 Å². The van der Waals surface area contributed by atoms with Crippen LogP contribution in [0.5, 0.6) is 17.2 Å². The minimum atomic E-state index is -4.50. The van der Waals surface area contributed by atoms with Crippen LogP contribution in [-0.4, -0.2) is 10.9 Å². The standard InChI is InChI=1S/C15H10ClF3O3/c1-8(20)11-4-3-10(7-13(11)21)22-14-5-2-9(6-12(14)16)15(17,18)19/h2-7,21H,1H3. The van der Waals surface area contributed by atoms with E-state index in [-0.39, 0.29) is 33.6 Å². The second-order valence-corrected chi connectivity index (χ2v) is 4.89. The molecule has 0 bridgehead atoms. The largest absolute Gasteiger partial charge is 0.507 e. The molecule has 0 amide bonds. The molecule has 0 saturated heterocycles. The molecule has 0 spiro atoms. The normalized spacial score (nSPS) is 11.3. The number of ketones is 1. The Morgan fingerprint density at radius 1 is 1.18 bits per heavy atom. The van der Waals surface area contributed by atoms with Crippen molar-refractivity contribution in [2.45, 2.75) is 13.1 Å². The lowest BCUT2D eigenvalue weighted by Gasteiger charge is -2.11. The second-order valence-electron chi connectivity index (χ2n) is 4.48. The van der Waals surface area contributed by atoms with Gasteiger partial charge in [0.05, 0.1) is 16.1 Å². The summed E-state index contributed by atoms with van der Waals surface area (Å²) < 4.78 is 42.9. The van der Waals surface area contributed by atoms with Crippen molar-refractivity contribution >= 4 is 17.4 Å². The molecule has 2 aromatic carbocycles. The van der Waals surface area contributed by atoms with Crippen LogP contribution in [0.25, 0.3) is 0 Å². The number of alkyl halides is 3. The topological polar surface area (TPSA) is 46.5 Å². The Kier molecular flexibility index (Phi) is 4.32. The Balaban J connectivity index is 2.28. The molecule has 7 heteroatoms. The second kappa shape index (κ2) is 5.88. The summed E-state index contributed by atoms with van der Waals surface area (Å²) in [6.07, 6.45) is -4.50. The Labute approximate surface area is 128 Å². The molecule has 0 fully saturated rings. The molecule has 0 radical (unpaired) electrons. The quantitative estimate of drug-likeness (QED) is 0.800. The van der Waals surface area contributed by atoms with Gasteiger partial charge < -0.3 is 9.84 Å². The van der Waals surface area contributed by atoms with Gasteiger partial charge in [-0.05, 0) is 37.3 Å². The maximum Gasteiger partial charge on any atom is 0.416 e. The summed E-state index contributed by atoms with van der Waals surface area (Å²) in [5.74, 6) is -0.460. The lowest BCUT2D eigenvalue weighted by atomic mass is 10.1. The molecule has 0 saturated carbocycles. The van der Waals surface area contributed by atoms with Gasteiger partial charge in [0, 0.05) is 6.07 Å². The number of phenolic OH excluding ortho intramolecular Hbond substituents is 1. The Morgan fingerprint density at radius 3 is 2.36 bits per heavy atom. The first kappa shape index (κ1) is 16.2. The summed E-state index contributed by atoms with van der Waals surface area (Å²) in [5, 5.41) is 9.46. The number of aromatic hydroxyl groups is 1. The molecule has 1 N–H and O–H groups in total. The van der Waals surface area contributed by atoms with Crippen LogP contribution in [0.3, 0.4) is 0 Å². The van der Waals surface area contributed by atoms with Gasteiger partial charge in [0.25, 0.3) is 0 Å². The van der Waals surface area contributed by atoms with Gasteiger partial charge in [-0.3, -0.25) is 4.79 Å². The summed E-state index contributed by atoms with van der Waals surface area (Å²) in [4.78, 5) is 11.2. The fourth-order valence-corrected chi connectivity index (χ4v) is 1.98. The molecule has 0 unspecified atom stereocenters. The van der Waals surface area contributed by atoms with Crippen molar-refractivity contribution in [3.05, 3.63) is 52.5 Å². The van der Waals surface area contributed by atoms with E-state index in [1.807, 2.05) is 0 Å². The van der Waals surface area contributed by atoms with Crippen LogP contribution in [0.15, 0.2) is 36.4 Å². The zero-order valence-electron chi connectivity index (χ0n) is 11.2. The van der Waals surface area contributed by atoms with Crippen molar-refractivity contribution in [3.63, 3.8) is 0 Å². The van der Waals surface area contributed by atoms with Gasteiger partial charge in [-0.2, -0.15) is 13.2 Å². The molecule has 3 nitrogen and oxygen atoms in total. The molecular formula is C15H10ClF3O3. The van der Waals surface area contributed by atoms with Gasteiger partial charge in [0.1, 0.15) is 17.2 Å². The van der Waals surface area contributed by atoms with E-state index in [2.05, 4.69) is 0 Å². The third-order valence-electron chi connectivity index (χ3n) is 2.84. The van der Waals surface area contributed by atoms with E-state index in [9.17, 15) is 23.1 Å².